The van der Waals surface area contributed by atoms with Crippen molar-refractivity contribution < 1.29 is 0 Å². The molecule has 0 aliphatic carbocycles. The Balaban J connectivity index is 2.77. The van der Waals surface area contributed by atoms with E-state index < -0.39 is 0 Å². The van der Waals surface area contributed by atoms with E-state index in [0.29, 0.717) is 8.35 Å². The third-order valence-corrected chi connectivity index (χ3v) is 4.70. The molecule has 0 aliphatic heterocycles. The van der Waals surface area contributed by atoms with E-state index in [1.165, 1.54) is 4.44 Å². The minimum atomic E-state index is -0.201. The SMILES string of the molecule is CC(C)(C)c1nnn(-c2c(Cl)c(N=[N+]=[N-])nc(N=[N+]=[N-])c2Cl)p1. The lowest BCUT2D eigenvalue weighted by Crippen LogP contribution is -2.09. The van der Waals surface area contributed by atoms with Gasteiger partial charge in [-0.15, -0.1) is 5.10 Å². The van der Waals surface area contributed by atoms with Crippen molar-refractivity contribution in [3.05, 3.63) is 36.4 Å². The molecule has 0 aliphatic rings. The summed E-state index contributed by atoms with van der Waals surface area (Å²) in [6.07, 6.45) is 0. The Hall–Kier alpha value is -2.08. The highest BCUT2D eigenvalue weighted by atomic mass is 35.5. The van der Waals surface area contributed by atoms with Crippen molar-refractivity contribution in [2.45, 2.75) is 26.2 Å². The topological polar surface area (TPSA) is 141 Å². The van der Waals surface area contributed by atoms with Crippen molar-refractivity contribution in [1.29, 1.82) is 0 Å². The smallest absolute Gasteiger partial charge is 0.148 e. The quantitative estimate of drug-likeness (QED) is 0.386. The van der Waals surface area contributed by atoms with Crippen LogP contribution in [0.1, 0.15) is 26.2 Å². The third kappa shape index (κ3) is 3.47. The van der Waals surface area contributed by atoms with Gasteiger partial charge in [0.05, 0.1) is 18.4 Å². The fraction of sp³-hybridized carbons (Fsp3) is 0.400. The molecule has 23 heavy (non-hydrogen) atoms. The molecule has 0 unspecified atom stereocenters. The zero-order valence-electron chi connectivity index (χ0n) is 12.2. The number of hydrogen-bond donors (Lipinski definition) is 0. The standard InChI is InChI=1S/C10H9Cl2N10P/c1-10(2,3)9-18-21-22(23-9)6-4(11)7(16-19-13)15-8(5(6)12)17-20-14/h1-3H3. The van der Waals surface area contributed by atoms with Gasteiger partial charge in [-0.05, 0) is 21.3 Å². The summed E-state index contributed by atoms with van der Waals surface area (Å²) in [6, 6.07) is 0. The summed E-state index contributed by atoms with van der Waals surface area (Å²) in [6.45, 7) is 5.97. The van der Waals surface area contributed by atoms with E-state index in [2.05, 4.69) is 35.3 Å². The molecule has 2 aromatic rings. The summed E-state index contributed by atoms with van der Waals surface area (Å²) < 4.78 is 1.42. The van der Waals surface area contributed by atoms with Gasteiger partial charge in [0, 0.05) is 15.2 Å². The van der Waals surface area contributed by atoms with Crippen LogP contribution in [0.3, 0.4) is 0 Å². The van der Waals surface area contributed by atoms with Crippen LogP contribution in [0.5, 0.6) is 0 Å². The van der Waals surface area contributed by atoms with Gasteiger partial charge >= 0.3 is 0 Å². The highest BCUT2D eigenvalue weighted by Gasteiger charge is 2.23. The minimum absolute atomic E-state index is 0.00806. The molecule has 118 valence electrons. The van der Waals surface area contributed by atoms with Gasteiger partial charge in [-0.3, -0.25) is 0 Å². The highest BCUT2D eigenvalue weighted by Crippen LogP contribution is 2.42. The van der Waals surface area contributed by atoms with E-state index in [-0.39, 0.29) is 32.8 Å². The van der Waals surface area contributed by atoms with E-state index >= 15 is 0 Å². The number of hydrogen-bond acceptors (Lipinski definition) is 5. The molecule has 2 rings (SSSR count). The molecular weight excluding hydrogens is 362 g/mol. The van der Waals surface area contributed by atoms with Crippen LogP contribution in [0.25, 0.3) is 26.6 Å². The van der Waals surface area contributed by atoms with Gasteiger partial charge in [0.25, 0.3) is 0 Å². The lowest BCUT2D eigenvalue weighted by molar-refractivity contribution is 0.575. The van der Waals surface area contributed by atoms with Crippen molar-refractivity contribution in [2.24, 2.45) is 10.2 Å². The average Bonchev–Trinajstić information content (AvgIpc) is 2.94. The van der Waals surface area contributed by atoms with E-state index in [0.717, 1.165) is 5.43 Å². The number of azide groups is 2. The van der Waals surface area contributed by atoms with Crippen molar-refractivity contribution in [1.82, 2.24) is 19.7 Å². The number of halogens is 2. The van der Waals surface area contributed by atoms with Gasteiger partial charge in [0.2, 0.25) is 0 Å². The van der Waals surface area contributed by atoms with Gasteiger partial charge in [-0.2, -0.15) is 4.44 Å². The van der Waals surface area contributed by atoms with E-state index in [1.54, 1.807) is 0 Å². The van der Waals surface area contributed by atoms with Crippen molar-refractivity contribution in [2.75, 3.05) is 0 Å². The predicted octanol–water partition coefficient (Wildman–Crippen LogP) is 5.73. The number of rotatable bonds is 3. The normalized spacial score (nSPS) is 11.2. The van der Waals surface area contributed by atoms with Crippen molar-refractivity contribution >= 4 is 43.2 Å². The van der Waals surface area contributed by atoms with Crippen LogP contribution in [0.15, 0.2) is 10.2 Å². The largest absolute Gasteiger partial charge is 0.241 e. The molecule has 2 heterocycles. The fourth-order valence-electron chi connectivity index (χ4n) is 1.51. The van der Waals surface area contributed by atoms with Crippen molar-refractivity contribution in [3.8, 4) is 5.69 Å². The van der Waals surface area contributed by atoms with Crippen molar-refractivity contribution in [3.63, 3.8) is 0 Å². The zero-order valence-corrected chi connectivity index (χ0v) is 14.6. The molecule has 0 radical (unpaired) electrons. The molecule has 0 atom stereocenters. The number of nitrogens with zero attached hydrogens (tertiary/aromatic N) is 10. The Kier molecular flexibility index (Phi) is 4.94. The first-order valence-electron chi connectivity index (χ1n) is 6.09. The maximum Gasteiger partial charge on any atom is 0.148 e. The minimum Gasteiger partial charge on any atom is -0.241 e. The zero-order chi connectivity index (χ0) is 17.2. The highest BCUT2D eigenvalue weighted by molar-refractivity contribution is 7.27. The molecule has 2 aromatic heterocycles. The van der Waals surface area contributed by atoms with Gasteiger partial charge in [-0.25, -0.2) is 4.98 Å². The molecule has 0 N–H and O–H groups in total. The van der Waals surface area contributed by atoms with Gasteiger partial charge in [-0.1, -0.05) is 49.2 Å². The Bertz CT molecular complexity index is 815. The van der Waals surface area contributed by atoms with Crippen LogP contribution >= 0.6 is 31.6 Å². The Labute approximate surface area is 141 Å². The Morgan fingerprint density at radius 1 is 1.09 bits per heavy atom. The second kappa shape index (κ2) is 6.58. The summed E-state index contributed by atoms with van der Waals surface area (Å²) >= 11 is 12.4. The second-order valence-electron chi connectivity index (χ2n) is 5.27. The van der Waals surface area contributed by atoms with E-state index in [9.17, 15) is 0 Å². The first-order chi connectivity index (χ1) is 10.8. The molecule has 13 heteroatoms. The van der Waals surface area contributed by atoms with Gasteiger partial charge in [0.15, 0.2) is 0 Å². The van der Waals surface area contributed by atoms with Crippen LogP contribution in [0.2, 0.25) is 10.0 Å². The third-order valence-electron chi connectivity index (χ3n) is 2.58. The molecule has 0 saturated carbocycles. The average molecular weight is 371 g/mol. The molecule has 0 amide bonds. The van der Waals surface area contributed by atoms with E-state index in [4.69, 9.17) is 34.3 Å². The Morgan fingerprint density at radius 2 is 1.61 bits per heavy atom. The maximum atomic E-state index is 8.60. The van der Waals surface area contributed by atoms with E-state index in [1.807, 2.05) is 20.8 Å². The first kappa shape index (κ1) is 17.3. The molecule has 0 saturated heterocycles. The summed E-state index contributed by atoms with van der Waals surface area (Å²) in [5.74, 6) is -0.323. The molecule has 0 aromatic carbocycles. The predicted molar refractivity (Wildman–Crippen MR) is 88.0 cm³/mol. The monoisotopic (exact) mass is 370 g/mol. The first-order valence-corrected chi connectivity index (χ1v) is 7.70. The lowest BCUT2D eigenvalue weighted by atomic mass is 9.98. The maximum absolute atomic E-state index is 8.60. The van der Waals surface area contributed by atoms with Crippen LogP contribution < -0.4 is 0 Å². The second-order valence-corrected chi connectivity index (χ2v) is 7.03. The van der Waals surface area contributed by atoms with Crippen LogP contribution in [-0.2, 0) is 5.41 Å². The van der Waals surface area contributed by atoms with Gasteiger partial charge in [0.1, 0.15) is 22.7 Å². The summed E-state index contributed by atoms with van der Waals surface area (Å²) in [5.41, 5.74) is 18.0. The lowest BCUT2D eigenvalue weighted by Gasteiger charge is -2.12. The molecule has 0 spiro atoms. The Morgan fingerprint density at radius 3 is 2.00 bits per heavy atom. The van der Waals surface area contributed by atoms with Crippen LogP contribution in [0.4, 0.5) is 11.6 Å². The molecule has 0 bridgehead atoms. The molecule has 10 nitrogen and oxygen atoms in total. The van der Waals surface area contributed by atoms with Crippen LogP contribution in [-0.4, -0.2) is 19.7 Å². The molecular formula is C10H9Cl2N10P. The number of aromatic nitrogens is 4. The van der Waals surface area contributed by atoms with Crippen LogP contribution in [0, 0.1) is 0 Å². The molecule has 0 fully saturated rings. The van der Waals surface area contributed by atoms with Gasteiger partial charge < -0.3 is 0 Å². The fourth-order valence-corrected chi connectivity index (χ4v) is 3.12. The summed E-state index contributed by atoms with van der Waals surface area (Å²) in [4.78, 5) is 9.12. The number of pyridine rings is 1. The summed E-state index contributed by atoms with van der Waals surface area (Å²) in [5, 5.41) is 14.9. The summed E-state index contributed by atoms with van der Waals surface area (Å²) in [7, 11) is 0.631.